The summed E-state index contributed by atoms with van der Waals surface area (Å²) >= 11 is 0. The first-order valence-corrected chi connectivity index (χ1v) is 4.45. The van der Waals surface area contributed by atoms with Gasteiger partial charge in [0.2, 0.25) is 0 Å². The Kier molecular flexibility index (Phi) is 2.37. The number of amides is 1. The van der Waals surface area contributed by atoms with Gasteiger partial charge in [0, 0.05) is 6.54 Å². The van der Waals surface area contributed by atoms with Crippen LogP contribution in [0.5, 0.6) is 5.75 Å². The van der Waals surface area contributed by atoms with Crippen molar-refractivity contribution < 1.29 is 14.6 Å². The number of ether oxygens (including phenoxy) is 1. The smallest absolute Gasteiger partial charge is 0.253 e. The van der Waals surface area contributed by atoms with E-state index in [-0.39, 0.29) is 18.3 Å². The van der Waals surface area contributed by atoms with Gasteiger partial charge in [0.25, 0.3) is 5.91 Å². The van der Waals surface area contributed by atoms with Crippen molar-refractivity contribution in [3.05, 3.63) is 24.3 Å². The van der Waals surface area contributed by atoms with Crippen LogP contribution in [0.3, 0.4) is 0 Å². The topological polar surface area (TPSA) is 49.8 Å². The molecule has 0 saturated carbocycles. The molecule has 1 aromatic rings. The molecule has 4 nitrogen and oxygen atoms in total. The van der Waals surface area contributed by atoms with Gasteiger partial charge in [-0.15, -0.1) is 0 Å². The highest BCUT2D eigenvalue weighted by Crippen LogP contribution is 2.27. The molecule has 2 rings (SSSR count). The van der Waals surface area contributed by atoms with Crippen molar-refractivity contribution in [2.24, 2.45) is 0 Å². The second-order valence-electron chi connectivity index (χ2n) is 3.09. The number of rotatable bonds is 1. The Labute approximate surface area is 81.7 Å². The normalized spacial score (nSPS) is 17.1. The molecular weight excluding hydrogens is 182 g/mol. The van der Waals surface area contributed by atoms with Crippen molar-refractivity contribution in [2.45, 2.75) is 0 Å². The lowest BCUT2D eigenvalue weighted by molar-refractivity contribution is -0.125. The number of aromatic hydroxyl groups is 1. The number of phenolic OH excluding ortho intramolecular Hbond substituents is 1. The monoisotopic (exact) mass is 193 g/mol. The third-order valence-corrected chi connectivity index (χ3v) is 2.16. The van der Waals surface area contributed by atoms with Crippen LogP contribution in [-0.2, 0) is 9.53 Å². The summed E-state index contributed by atoms with van der Waals surface area (Å²) in [5.74, 6) is 0.0144. The molecule has 14 heavy (non-hydrogen) atoms. The fourth-order valence-electron chi connectivity index (χ4n) is 1.47. The Morgan fingerprint density at radius 3 is 2.86 bits per heavy atom. The summed E-state index contributed by atoms with van der Waals surface area (Å²) in [5.41, 5.74) is 0.556. The highest BCUT2D eigenvalue weighted by atomic mass is 16.5. The van der Waals surface area contributed by atoms with Gasteiger partial charge in [0.05, 0.1) is 12.3 Å². The maximum Gasteiger partial charge on any atom is 0.253 e. The molecular formula is C10H11NO3. The van der Waals surface area contributed by atoms with Gasteiger partial charge in [0.15, 0.2) is 0 Å². The van der Waals surface area contributed by atoms with Crippen LogP contribution in [0, 0.1) is 0 Å². The quantitative estimate of drug-likeness (QED) is 0.716. The average molecular weight is 193 g/mol. The number of phenols is 1. The van der Waals surface area contributed by atoms with Crippen LogP contribution in [0.25, 0.3) is 0 Å². The number of carbonyl (C=O) groups excluding carboxylic acids is 1. The van der Waals surface area contributed by atoms with E-state index in [9.17, 15) is 9.90 Å². The molecule has 0 aromatic heterocycles. The van der Waals surface area contributed by atoms with E-state index in [1.807, 2.05) is 0 Å². The summed E-state index contributed by atoms with van der Waals surface area (Å²) in [6.45, 7) is 1.10. The SMILES string of the molecule is O=C1COCCN1c1ccccc1O. The van der Waals surface area contributed by atoms with Crippen LogP contribution >= 0.6 is 0 Å². The van der Waals surface area contributed by atoms with E-state index < -0.39 is 0 Å². The van der Waals surface area contributed by atoms with E-state index >= 15 is 0 Å². The van der Waals surface area contributed by atoms with E-state index in [2.05, 4.69) is 0 Å². The van der Waals surface area contributed by atoms with Gasteiger partial charge in [-0.1, -0.05) is 12.1 Å². The summed E-state index contributed by atoms with van der Waals surface area (Å²) < 4.78 is 5.00. The number of benzene rings is 1. The molecule has 0 atom stereocenters. The number of morpholine rings is 1. The van der Waals surface area contributed by atoms with Gasteiger partial charge in [-0.25, -0.2) is 0 Å². The van der Waals surface area contributed by atoms with E-state index in [1.54, 1.807) is 29.2 Å². The zero-order chi connectivity index (χ0) is 9.97. The predicted molar refractivity (Wildman–Crippen MR) is 51.3 cm³/mol. The summed E-state index contributed by atoms with van der Waals surface area (Å²) in [6, 6.07) is 6.80. The van der Waals surface area contributed by atoms with Gasteiger partial charge in [-0.3, -0.25) is 4.79 Å². The molecule has 0 unspecified atom stereocenters. The van der Waals surface area contributed by atoms with E-state index in [1.165, 1.54) is 0 Å². The molecule has 0 spiro atoms. The van der Waals surface area contributed by atoms with Gasteiger partial charge in [-0.2, -0.15) is 0 Å². The van der Waals surface area contributed by atoms with E-state index in [0.29, 0.717) is 18.8 Å². The van der Waals surface area contributed by atoms with Crippen molar-refractivity contribution in [1.29, 1.82) is 0 Å². The highest BCUT2D eigenvalue weighted by Gasteiger charge is 2.21. The largest absolute Gasteiger partial charge is 0.506 e. The second kappa shape index (κ2) is 3.67. The number of hydrogen-bond acceptors (Lipinski definition) is 3. The summed E-state index contributed by atoms with van der Waals surface area (Å²) in [4.78, 5) is 13.0. The summed E-state index contributed by atoms with van der Waals surface area (Å²) in [7, 11) is 0. The van der Waals surface area contributed by atoms with Crippen molar-refractivity contribution in [1.82, 2.24) is 0 Å². The number of hydrogen-bond donors (Lipinski definition) is 1. The Bertz CT molecular complexity index is 351. The minimum atomic E-state index is -0.113. The molecule has 0 radical (unpaired) electrons. The molecule has 1 aliphatic rings. The van der Waals surface area contributed by atoms with Gasteiger partial charge in [-0.05, 0) is 12.1 Å². The van der Waals surface area contributed by atoms with Crippen molar-refractivity contribution in [3.8, 4) is 5.75 Å². The molecule has 1 aromatic carbocycles. The third kappa shape index (κ3) is 1.56. The lowest BCUT2D eigenvalue weighted by atomic mass is 10.2. The van der Waals surface area contributed by atoms with E-state index in [4.69, 9.17) is 4.74 Å². The summed E-state index contributed by atoms with van der Waals surface area (Å²) in [5, 5.41) is 9.55. The molecule has 1 aliphatic heterocycles. The molecule has 1 fully saturated rings. The van der Waals surface area contributed by atoms with Crippen LogP contribution in [0.1, 0.15) is 0 Å². The molecule has 0 bridgehead atoms. The molecule has 1 heterocycles. The van der Waals surface area contributed by atoms with Crippen LogP contribution < -0.4 is 4.90 Å². The Morgan fingerprint density at radius 2 is 2.14 bits per heavy atom. The summed E-state index contributed by atoms with van der Waals surface area (Å²) in [6.07, 6.45) is 0. The first-order valence-electron chi connectivity index (χ1n) is 4.45. The lowest BCUT2D eigenvalue weighted by Gasteiger charge is -2.27. The minimum absolute atomic E-state index is 0.0916. The maximum atomic E-state index is 11.4. The molecule has 1 N–H and O–H groups in total. The van der Waals surface area contributed by atoms with Gasteiger partial charge in [0.1, 0.15) is 12.4 Å². The fourth-order valence-corrected chi connectivity index (χ4v) is 1.47. The fraction of sp³-hybridized carbons (Fsp3) is 0.300. The van der Waals surface area contributed by atoms with Crippen molar-refractivity contribution in [3.63, 3.8) is 0 Å². The Morgan fingerprint density at radius 1 is 1.36 bits per heavy atom. The van der Waals surface area contributed by atoms with Gasteiger partial charge >= 0.3 is 0 Å². The van der Waals surface area contributed by atoms with Crippen LogP contribution in [0.15, 0.2) is 24.3 Å². The number of para-hydroxylation sites is 2. The molecule has 1 amide bonds. The number of nitrogens with zero attached hydrogens (tertiary/aromatic N) is 1. The van der Waals surface area contributed by atoms with Gasteiger partial charge < -0.3 is 14.7 Å². The zero-order valence-electron chi connectivity index (χ0n) is 7.64. The Hall–Kier alpha value is -1.55. The molecule has 4 heteroatoms. The average Bonchev–Trinajstić information content (AvgIpc) is 2.20. The van der Waals surface area contributed by atoms with E-state index in [0.717, 1.165) is 0 Å². The van der Waals surface area contributed by atoms with Crippen LogP contribution in [0.2, 0.25) is 0 Å². The second-order valence-corrected chi connectivity index (χ2v) is 3.09. The Balaban J connectivity index is 2.29. The van der Waals surface area contributed by atoms with Crippen molar-refractivity contribution >= 4 is 11.6 Å². The molecule has 0 aliphatic carbocycles. The first-order chi connectivity index (χ1) is 6.79. The minimum Gasteiger partial charge on any atom is -0.506 e. The number of anilines is 1. The highest BCUT2D eigenvalue weighted by molar-refractivity contribution is 5.96. The maximum absolute atomic E-state index is 11.4. The first kappa shape index (κ1) is 9.02. The zero-order valence-corrected chi connectivity index (χ0v) is 7.64. The van der Waals surface area contributed by atoms with Crippen molar-refractivity contribution in [2.75, 3.05) is 24.7 Å². The lowest BCUT2D eigenvalue weighted by Crippen LogP contribution is -2.41. The third-order valence-electron chi connectivity index (χ3n) is 2.16. The molecule has 1 saturated heterocycles. The van der Waals surface area contributed by atoms with Crippen LogP contribution in [-0.4, -0.2) is 30.8 Å². The predicted octanol–water partition coefficient (Wildman–Crippen LogP) is 0.755. The standard InChI is InChI=1S/C10H11NO3/c12-9-4-2-1-3-8(9)11-5-6-14-7-10(11)13/h1-4,12H,5-7H2. The number of carbonyl (C=O) groups is 1. The van der Waals surface area contributed by atoms with Crippen LogP contribution in [0.4, 0.5) is 5.69 Å². The molecule has 74 valence electrons.